The summed E-state index contributed by atoms with van der Waals surface area (Å²) in [6.45, 7) is 29.4. The summed E-state index contributed by atoms with van der Waals surface area (Å²) in [6, 6.07) is 45.8. The third-order valence-corrected chi connectivity index (χ3v) is 19.6. The number of benzene rings is 4. The van der Waals surface area contributed by atoms with Gasteiger partial charge in [0.2, 0.25) is 0 Å². The number of rotatable bonds is 8. The van der Waals surface area contributed by atoms with Crippen LogP contribution in [0.3, 0.4) is 0 Å². The van der Waals surface area contributed by atoms with Crippen molar-refractivity contribution in [3.05, 3.63) is 121 Å². The molecule has 0 amide bonds. The van der Waals surface area contributed by atoms with Gasteiger partial charge >= 0.3 is 22.4 Å². The fraction of sp³-hybridized carbons (Fsp3) is 0.429. The maximum Gasteiger partial charge on any atom is 1.00 e. The standard InChI is InChI=1S/C21H30BClP.C21H30BP.Au/c1-20(2,3)24(21(4,5)6)17-22(23,18-13-9-7-10-14-18)19-15-11-8-12-16-19;1-20(2,3)23(21(4,5)6)17-22(18-13-9-7-10-14-18)19-15-11-8-12-16-19;/h7-16H,17H2,1-6H3;7-16H,17H2,1-6H3;/q-1;;+1/p+2. The second kappa shape index (κ2) is 17.9. The molecule has 4 aromatic rings. The van der Waals surface area contributed by atoms with Crippen molar-refractivity contribution in [1.82, 2.24) is 0 Å². The van der Waals surface area contributed by atoms with Crippen LogP contribution in [0.1, 0.15) is 83.1 Å². The summed E-state index contributed by atoms with van der Waals surface area (Å²) < 4.78 is 0. The molecule has 0 aliphatic heterocycles. The minimum Gasteiger partial charge on any atom is -0.373 e. The Hall–Kier alpha value is -1.10. The van der Waals surface area contributed by atoms with E-state index in [0.717, 1.165) is 6.06 Å². The van der Waals surface area contributed by atoms with E-state index < -0.39 is 21.4 Å². The van der Waals surface area contributed by atoms with Gasteiger partial charge in [-0.15, -0.1) is 0 Å². The zero-order valence-corrected chi connectivity index (χ0v) is 36.7. The summed E-state index contributed by atoms with van der Waals surface area (Å²) in [5.74, 6) is 0. The summed E-state index contributed by atoms with van der Waals surface area (Å²) in [7, 11) is -1.30. The van der Waals surface area contributed by atoms with Crippen LogP contribution in [0.2, 0.25) is 0 Å². The van der Waals surface area contributed by atoms with Gasteiger partial charge < -0.3 is 11.5 Å². The monoisotopic (exact) mass is 882 g/mol. The van der Waals surface area contributed by atoms with Gasteiger partial charge in [0.25, 0.3) is 6.71 Å². The van der Waals surface area contributed by atoms with Crippen molar-refractivity contribution in [3.8, 4) is 0 Å². The Labute approximate surface area is 319 Å². The molecule has 0 spiro atoms. The maximum atomic E-state index is 7.48. The van der Waals surface area contributed by atoms with Gasteiger partial charge in [0.05, 0.1) is 20.6 Å². The fourth-order valence-corrected chi connectivity index (χ4v) is 17.3. The largest absolute Gasteiger partial charge is 1.00 e. The first-order valence-corrected chi connectivity index (χ1v) is 21.4. The zero-order valence-electron chi connectivity index (χ0n) is 31.8. The Balaban J connectivity index is 0.000000327. The van der Waals surface area contributed by atoms with Crippen molar-refractivity contribution in [3.63, 3.8) is 0 Å². The van der Waals surface area contributed by atoms with Crippen molar-refractivity contribution in [2.45, 2.75) is 104 Å². The van der Waals surface area contributed by atoms with Crippen molar-refractivity contribution >= 4 is 61.4 Å². The van der Waals surface area contributed by atoms with E-state index in [0.29, 0.717) is 27.3 Å². The predicted molar refractivity (Wildman–Crippen MR) is 227 cm³/mol. The van der Waals surface area contributed by atoms with Gasteiger partial charge in [-0.3, -0.25) is 0 Å². The van der Waals surface area contributed by atoms with E-state index in [1.807, 2.05) is 0 Å². The van der Waals surface area contributed by atoms with Gasteiger partial charge in [0.1, 0.15) is 0 Å². The quantitative estimate of drug-likeness (QED) is 0.122. The van der Waals surface area contributed by atoms with Crippen LogP contribution in [0.5, 0.6) is 0 Å². The molecule has 4 aromatic carbocycles. The Bertz CT molecular complexity index is 1370. The molecule has 0 saturated carbocycles. The van der Waals surface area contributed by atoms with E-state index in [9.17, 15) is 0 Å². The number of hydrogen-bond acceptors (Lipinski definition) is 0. The molecule has 0 fully saturated rings. The van der Waals surface area contributed by atoms with E-state index in [4.69, 9.17) is 11.5 Å². The second-order valence-electron chi connectivity index (χ2n) is 17.5. The first-order chi connectivity index (χ1) is 21.7. The van der Waals surface area contributed by atoms with Crippen molar-refractivity contribution in [2.75, 3.05) is 12.1 Å². The van der Waals surface area contributed by atoms with E-state index in [1.54, 1.807) is 0 Å². The number of halogens is 1. The van der Waals surface area contributed by atoms with Crippen LogP contribution in [0.4, 0.5) is 0 Å². The maximum absolute atomic E-state index is 7.48. The minimum absolute atomic E-state index is 0. The molecule has 0 N–H and O–H groups in total. The zero-order chi connectivity index (χ0) is 35.1. The predicted octanol–water partition coefficient (Wildman–Crippen LogP) is 9.98. The van der Waals surface area contributed by atoms with Crippen LogP contribution in [0, 0.1) is 0 Å². The van der Waals surface area contributed by atoms with E-state index in [-0.39, 0.29) is 22.4 Å². The number of hydrogen-bond donors (Lipinski definition) is 0. The summed E-state index contributed by atoms with van der Waals surface area (Å²) >= 11 is 7.48. The van der Waals surface area contributed by atoms with E-state index in [2.05, 4.69) is 204 Å². The van der Waals surface area contributed by atoms with Crippen molar-refractivity contribution < 1.29 is 22.4 Å². The van der Waals surface area contributed by atoms with Gasteiger partial charge in [0, 0.05) is 14.0 Å². The van der Waals surface area contributed by atoms with Crippen LogP contribution >= 0.6 is 27.3 Å². The van der Waals surface area contributed by atoms with Gasteiger partial charge in [-0.05, 0) is 97.1 Å². The van der Waals surface area contributed by atoms with Gasteiger partial charge in [0.15, 0.2) is 5.56 Å². The summed E-state index contributed by atoms with van der Waals surface area (Å²) in [5, 5.41) is 1.39. The molecule has 0 radical (unpaired) electrons. The Morgan fingerprint density at radius 3 is 1.00 bits per heavy atom. The molecule has 4 rings (SSSR count). The second-order valence-corrected chi connectivity index (χ2v) is 27.0. The molecule has 262 valence electrons. The normalized spacial score (nSPS) is 12.6. The van der Waals surface area contributed by atoms with Crippen LogP contribution < -0.4 is 21.9 Å². The molecule has 0 aromatic heterocycles. The van der Waals surface area contributed by atoms with Crippen LogP contribution in [0.15, 0.2) is 121 Å². The molecule has 0 unspecified atom stereocenters. The van der Waals surface area contributed by atoms with E-state index in [1.165, 1.54) is 27.9 Å². The SMILES string of the molecule is CC(C)(C)[PH+](CB(c1ccccc1)c1ccccc1)C(C)(C)C.CC(C)(C)[PH+](C[B-](Cl)(c1ccccc1)c1ccccc1)C(C)(C)C.[Au+]. The van der Waals surface area contributed by atoms with Crippen LogP contribution in [0.25, 0.3) is 0 Å². The van der Waals surface area contributed by atoms with Gasteiger partial charge in [-0.25, -0.2) is 0 Å². The summed E-state index contributed by atoms with van der Waals surface area (Å²) in [6.07, 6.45) is 0. The first kappa shape index (κ1) is 43.1. The van der Waals surface area contributed by atoms with Crippen LogP contribution in [-0.4, -0.2) is 45.0 Å². The third kappa shape index (κ3) is 12.3. The third-order valence-electron chi connectivity index (χ3n) is 9.57. The first-order valence-electron chi connectivity index (χ1n) is 17.5. The van der Waals surface area contributed by atoms with Gasteiger partial charge in [-0.2, -0.15) is 10.9 Å². The molecule has 0 nitrogen and oxygen atoms in total. The average molecular weight is 883 g/mol. The molecule has 0 heterocycles. The topological polar surface area (TPSA) is 0 Å². The fourth-order valence-electron chi connectivity index (χ4n) is 7.70. The van der Waals surface area contributed by atoms with Gasteiger partial charge in [-0.1, -0.05) is 132 Å². The smallest absolute Gasteiger partial charge is 0.373 e. The summed E-state index contributed by atoms with van der Waals surface area (Å²) in [4.78, 5) is 0. The molecular weight excluding hydrogens is 820 g/mol. The van der Waals surface area contributed by atoms with E-state index >= 15 is 0 Å². The molecule has 0 aliphatic rings. The molecule has 48 heavy (non-hydrogen) atoms. The molecule has 0 aliphatic carbocycles. The van der Waals surface area contributed by atoms with Crippen molar-refractivity contribution in [2.24, 2.45) is 0 Å². The van der Waals surface area contributed by atoms with Crippen molar-refractivity contribution in [1.29, 1.82) is 0 Å². The Kier molecular flexibility index (Phi) is 16.1. The molecule has 0 bridgehead atoms. The minimum atomic E-state index is -1.27. The molecule has 0 saturated heterocycles. The molecular formula is C42H62AuB2ClP2+2. The average Bonchev–Trinajstić information content (AvgIpc) is 3.00. The Morgan fingerprint density at radius 2 is 0.729 bits per heavy atom. The molecule has 0 atom stereocenters. The molecule has 6 heteroatoms. The Morgan fingerprint density at radius 1 is 0.458 bits per heavy atom. The summed E-state index contributed by atoms with van der Waals surface area (Å²) in [5.41, 5.74) is 4.16. The van der Waals surface area contributed by atoms with Crippen LogP contribution in [-0.2, 0) is 22.4 Å².